The summed E-state index contributed by atoms with van der Waals surface area (Å²) in [5, 5.41) is 2.60. The van der Waals surface area contributed by atoms with E-state index < -0.39 is 0 Å². The number of hydrogen-bond donors (Lipinski definition) is 0. The highest BCUT2D eigenvalue weighted by Crippen LogP contribution is 2.49. The second-order valence-electron chi connectivity index (χ2n) is 8.57. The van der Waals surface area contributed by atoms with Gasteiger partial charge in [0.05, 0.1) is 0 Å². The number of allylic oxidation sites excluding steroid dienone is 2. The zero-order chi connectivity index (χ0) is 25.8. The molecule has 1 aliphatic carbocycles. The van der Waals surface area contributed by atoms with E-state index in [0.29, 0.717) is 0 Å². The average Bonchev–Trinajstić information content (AvgIpc) is 3.30. The lowest BCUT2D eigenvalue weighted by Crippen LogP contribution is -2.15. The van der Waals surface area contributed by atoms with E-state index in [1.54, 1.807) is 6.08 Å². The number of aliphatic imine (C=N–C) groups is 1. The third-order valence-corrected chi connectivity index (χ3v) is 6.64. The van der Waals surface area contributed by atoms with Crippen LogP contribution in [0.25, 0.3) is 44.2 Å². The molecule has 0 aliphatic heterocycles. The molecule has 0 fully saturated rings. The number of rotatable bonds is 6. The second-order valence-corrected chi connectivity index (χ2v) is 8.57. The van der Waals surface area contributed by atoms with Crippen molar-refractivity contribution in [2.45, 2.75) is 13.8 Å². The molecule has 0 N–H and O–H groups in total. The molecule has 1 aliphatic rings. The van der Waals surface area contributed by atoms with Crippen molar-refractivity contribution in [1.29, 1.82) is 0 Å². The van der Waals surface area contributed by atoms with Gasteiger partial charge in [0, 0.05) is 11.4 Å². The van der Waals surface area contributed by atoms with Crippen LogP contribution in [0.5, 0.6) is 0 Å². The minimum absolute atomic E-state index is 0.721. The fourth-order valence-corrected chi connectivity index (χ4v) is 5.17. The van der Waals surface area contributed by atoms with Crippen LogP contribution in [0.2, 0.25) is 0 Å². The largest absolute Gasteiger partial charge is 0.295 e. The van der Waals surface area contributed by atoms with Gasteiger partial charge in [-0.15, -0.1) is 0 Å². The highest BCUT2D eigenvalue weighted by Gasteiger charge is 2.22. The van der Waals surface area contributed by atoms with Gasteiger partial charge in [-0.25, -0.2) is 4.99 Å². The molecule has 180 valence electrons. The summed E-state index contributed by atoms with van der Waals surface area (Å²) in [4.78, 5) is 6.41. The standard InChI is InChI=1S/C33H24N2.C2H6/c1-3-11-32(34-2)35(24-13-5-4-6-14-24)25-15-9-12-23(22-25)26-20-21-31-28-17-8-7-16-27(28)30-19-10-18-29(26)33(30)31;1-2/h3-22H,1-2H2;1-2H3/b32-11+;. The number of benzene rings is 5. The molecule has 0 heterocycles. The normalized spacial score (nSPS) is 11.4. The van der Waals surface area contributed by atoms with Crippen LogP contribution in [0.4, 0.5) is 11.4 Å². The molecule has 6 rings (SSSR count). The Hall–Kier alpha value is -4.69. The van der Waals surface area contributed by atoms with Crippen molar-refractivity contribution in [1.82, 2.24) is 0 Å². The number of nitrogens with zero attached hydrogens (tertiary/aromatic N) is 2. The maximum absolute atomic E-state index is 4.30. The molecule has 0 atom stereocenters. The van der Waals surface area contributed by atoms with Gasteiger partial charge in [-0.05, 0) is 81.2 Å². The Morgan fingerprint density at radius 1 is 0.649 bits per heavy atom. The molecule has 0 amide bonds. The maximum Gasteiger partial charge on any atom is 0.136 e. The first kappa shape index (κ1) is 24.0. The van der Waals surface area contributed by atoms with Crippen LogP contribution in [-0.4, -0.2) is 6.72 Å². The van der Waals surface area contributed by atoms with Gasteiger partial charge >= 0.3 is 0 Å². The first-order valence-corrected chi connectivity index (χ1v) is 12.7. The van der Waals surface area contributed by atoms with Crippen LogP contribution < -0.4 is 4.90 Å². The predicted molar refractivity (Wildman–Crippen MR) is 162 cm³/mol. The Balaban J connectivity index is 0.00000137. The third-order valence-electron chi connectivity index (χ3n) is 6.64. The molecule has 37 heavy (non-hydrogen) atoms. The third kappa shape index (κ3) is 4.17. The lowest BCUT2D eigenvalue weighted by atomic mass is 9.94. The molecule has 0 saturated carbocycles. The Morgan fingerprint density at radius 3 is 1.95 bits per heavy atom. The van der Waals surface area contributed by atoms with Crippen molar-refractivity contribution >= 4 is 28.9 Å². The van der Waals surface area contributed by atoms with Gasteiger partial charge in [0.15, 0.2) is 0 Å². The highest BCUT2D eigenvalue weighted by molar-refractivity contribution is 6.18. The van der Waals surface area contributed by atoms with E-state index in [9.17, 15) is 0 Å². The Labute approximate surface area is 219 Å². The minimum Gasteiger partial charge on any atom is -0.295 e. The summed E-state index contributed by atoms with van der Waals surface area (Å²) in [6, 6.07) is 38.7. The van der Waals surface area contributed by atoms with Crippen molar-refractivity contribution in [3.63, 3.8) is 0 Å². The summed E-state index contributed by atoms with van der Waals surface area (Å²) < 4.78 is 0. The Bertz CT molecular complexity index is 1600. The maximum atomic E-state index is 4.30. The van der Waals surface area contributed by atoms with Crippen LogP contribution in [0.3, 0.4) is 0 Å². The first-order chi connectivity index (χ1) is 18.3. The van der Waals surface area contributed by atoms with Crippen molar-refractivity contribution in [2.75, 3.05) is 4.90 Å². The molecule has 5 aromatic carbocycles. The predicted octanol–water partition coefficient (Wildman–Crippen LogP) is 10.0. The molecular weight excluding hydrogens is 448 g/mol. The first-order valence-electron chi connectivity index (χ1n) is 12.7. The van der Waals surface area contributed by atoms with Gasteiger partial charge in [0.2, 0.25) is 0 Å². The van der Waals surface area contributed by atoms with E-state index in [-0.39, 0.29) is 0 Å². The van der Waals surface area contributed by atoms with Gasteiger partial charge in [-0.1, -0.05) is 111 Å². The van der Waals surface area contributed by atoms with E-state index in [1.165, 1.54) is 38.6 Å². The van der Waals surface area contributed by atoms with Crippen LogP contribution in [0.15, 0.2) is 139 Å². The van der Waals surface area contributed by atoms with Crippen LogP contribution in [0, 0.1) is 0 Å². The molecule has 0 aromatic heterocycles. The van der Waals surface area contributed by atoms with Crippen molar-refractivity contribution < 1.29 is 0 Å². The molecule has 0 saturated heterocycles. The SMILES string of the molecule is C=C/C=C(\N=C)N(c1ccccc1)c1cccc(-c2ccc3c4c(cccc24)-c2ccccc2-3)c1.CC. The summed E-state index contributed by atoms with van der Waals surface area (Å²) in [6.07, 6.45) is 3.62. The van der Waals surface area contributed by atoms with E-state index in [2.05, 4.69) is 114 Å². The highest BCUT2D eigenvalue weighted by atomic mass is 15.2. The summed E-state index contributed by atoms with van der Waals surface area (Å²) in [5.74, 6) is 0.721. The molecule has 2 heteroatoms. The Morgan fingerprint density at radius 2 is 1.24 bits per heavy atom. The number of anilines is 2. The number of para-hydroxylation sites is 1. The summed E-state index contributed by atoms with van der Waals surface area (Å²) in [7, 11) is 0. The van der Waals surface area contributed by atoms with Crippen LogP contribution >= 0.6 is 0 Å². The molecule has 0 unspecified atom stereocenters. The van der Waals surface area contributed by atoms with E-state index in [1.807, 2.05) is 38.1 Å². The van der Waals surface area contributed by atoms with Crippen molar-refractivity contribution in [3.8, 4) is 33.4 Å². The average molecular weight is 479 g/mol. The zero-order valence-corrected chi connectivity index (χ0v) is 21.4. The smallest absolute Gasteiger partial charge is 0.136 e. The van der Waals surface area contributed by atoms with Crippen LogP contribution in [-0.2, 0) is 0 Å². The molecular formula is C35H30N2. The van der Waals surface area contributed by atoms with E-state index in [4.69, 9.17) is 0 Å². The lowest BCUT2D eigenvalue weighted by molar-refractivity contribution is 1.13. The number of hydrogen-bond acceptors (Lipinski definition) is 2. The second kappa shape index (κ2) is 10.5. The minimum atomic E-state index is 0.721. The Kier molecular flexibility index (Phi) is 6.83. The lowest BCUT2D eigenvalue weighted by Gasteiger charge is -2.25. The molecule has 5 aromatic rings. The van der Waals surface area contributed by atoms with Gasteiger partial charge in [-0.2, -0.15) is 0 Å². The fraction of sp³-hybridized carbons (Fsp3) is 0.0571. The molecule has 2 nitrogen and oxygen atoms in total. The van der Waals surface area contributed by atoms with Gasteiger partial charge in [-0.3, -0.25) is 4.90 Å². The fourth-order valence-electron chi connectivity index (χ4n) is 5.17. The summed E-state index contributed by atoms with van der Waals surface area (Å²) in [5.41, 5.74) is 9.64. The molecule has 0 radical (unpaired) electrons. The zero-order valence-electron chi connectivity index (χ0n) is 21.4. The van der Waals surface area contributed by atoms with Gasteiger partial charge < -0.3 is 0 Å². The van der Waals surface area contributed by atoms with Crippen molar-refractivity contribution in [3.05, 3.63) is 134 Å². The monoisotopic (exact) mass is 478 g/mol. The van der Waals surface area contributed by atoms with E-state index >= 15 is 0 Å². The summed E-state index contributed by atoms with van der Waals surface area (Å²) in [6.45, 7) is 11.7. The molecule has 0 spiro atoms. The van der Waals surface area contributed by atoms with Gasteiger partial charge in [0.1, 0.15) is 5.82 Å². The van der Waals surface area contributed by atoms with Crippen molar-refractivity contribution in [2.24, 2.45) is 4.99 Å². The van der Waals surface area contributed by atoms with E-state index in [0.717, 1.165) is 22.8 Å². The summed E-state index contributed by atoms with van der Waals surface area (Å²) >= 11 is 0. The van der Waals surface area contributed by atoms with Crippen LogP contribution in [0.1, 0.15) is 13.8 Å². The molecule has 0 bridgehead atoms. The quantitative estimate of drug-likeness (QED) is 0.172. The topological polar surface area (TPSA) is 15.6 Å². The van der Waals surface area contributed by atoms with Gasteiger partial charge in [0.25, 0.3) is 0 Å². The number of fused-ring (bicyclic) bond motifs is 3.